The zero-order valence-corrected chi connectivity index (χ0v) is 5.72. The lowest BCUT2D eigenvalue weighted by Crippen LogP contribution is -2.31. The Kier molecular flexibility index (Phi) is 3.77. The number of hydroxylamine groups is 2. The van der Waals surface area contributed by atoms with E-state index in [1.54, 1.807) is 12.2 Å². The molecule has 0 aromatic heterocycles. The van der Waals surface area contributed by atoms with Crippen LogP contribution in [0.1, 0.15) is 6.92 Å². The molecular weight excluding hydrogens is 104 g/mol. The van der Waals surface area contributed by atoms with Crippen LogP contribution >= 0.6 is 0 Å². The molecule has 8 heavy (non-hydrogen) atoms. The molecule has 0 rings (SSSR count). The van der Waals surface area contributed by atoms with Crippen LogP contribution in [0, 0.1) is 0 Å². The van der Waals surface area contributed by atoms with Crippen LogP contribution in [0.3, 0.4) is 0 Å². The van der Waals surface area contributed by atoms with Crippen molar-refractivity contribution >= 4 is 0 Å². The highest BCUT2D eigenvalue weighted by Crippen LogP contribution is 1.82. The molecule has 3 nitrogen and oxygen atoms in total. The molecule has 0 saturated heterocycles. The topological polar surface area (TPSA) is 38.5 Å². The Hall–Kier alpha value is -0.120. The fourth-order valence-electron chi connectivity index (χ4n) is 0.480. The van der Waals surface area contributed by atoms with Gasteiger partial charge in [-0.05, 0) is 6.92 Å². The van der Waals surface area contributed by atoms with Crippen LogP contribution in [0.5, 0.6) is 0 Å². The molecular formula is C5H14N2O. The number of rotatable bonds is 3. The highest BCUT2D eigenvalue weighted by atomic mass is 16.7. The van der Waals surface area contributed by atoms with E-state index in [4.69, 9.17) is 10.6 Å². The third kappa shape index (κ3) is 4.05. The Balaban J connectivity index is 3.10. The molecule has 0 aromatic rings. The van der Waals surface area contributed by atoms with Gasteiger partial charge < -0.3 is 10.6 Å². The first-order chi connectivity index (χ1) is 3.66. The lowest BCUT2D eigenvalue weighted by Gasteiger charge is -2.14. The summed E-state index contributed by atoms with van der Waals surface area (Å²) in [6, 6.07) is 0.181. The molecule has 0 spiro atoms. The van der Waals surface area contributed by atoms with Crippen LogP contribution < -0.4 is 5.73 Å². The predicted octanol–water partition coefficient (Wildman–Crippen LogP) is -0.173. The van der Waals surface area contributed by atoms with Crippen molar-refractivity contribution < 1.29 is 4.84 Å². The van der Waals surface area contributed by atoms with Crippen LogP contribution in [-0.4, -0.2) is 31.8 Å². The molecule has 2 N–H and O–H groups in total. The fraction of sp³-hybridized carbons (Fsp3) is 1.00. The van der Waals surface area contributed by atoms with Gasteiger partial charge in [0.05, 0.1) is 7.11 Å². The second kappa shape index (κ2) is 3.83. The molecule has 0 aliphatic heterocycles. The van der Waals surface area contributed by atoms with Crippen molar-refractivity contribution in [3.05, 3.63) is 0 Å². The summed E-state index contributed by atoms with van der Waals surface area (Å²) in [5.41, 5.74) is 5.45. The normalized spacial score (nSPS) is 14.6. The number of likely N-dealkylation sites (N-methyl/N-ethyl adjacent to an activating group) is 1. The quantitative estimate of drug-likeness (QED) is 0.523. The summed E-state index contributed by atoms with van der Waals surface area (Å²) in [5, 5.41) is 1.70. The molecule has 0 radical (unpaired) electrons. The number of nitrogens with two attached hydrogens (primary N) is 1. The molecule has 0 aliphatic carbocycles. The zero-order chi connectivity index (χ0) is 6.57. The molecule has 0 amide bonds. The van der Waals surface area contributed by atoms with Gasteiger partial charge in [0.1, 0.15) is 0 Å². The first kappa shape index (κ1) is 7.88. The van der Waals surface area contributed by atoms with Crippen molar-refractivity contribution in [1.82, 2.24) is 5.06 Å². The molecule has 0 aromatic carbocycles. The van der Waals surface area contributed by atoms with Crippen molar-refractivity contribution in [2.75, 3.05) is 20.7 Å². The van der Waals surface area contributed by atoms with Crippen molar-refractivity contribution in [3.63, 3.8) is 0 Å². The molecule has 0 aliphatic rings. The Labute approximate surface area is 50.4 Å². The van der Waals surface area contributed by atoms with E-state index in [0.717, 1.165) is 6.54 Å². The lowest BCUT2D eigenvalue weighted by atomic mass is 10.4. The van der Waals surface area contributed by atoms with E-state index in [0.29, 0.717) is 0 Å². The maximum Gasteiger partial charge on any atom is 0.0575 e. The Bertz CT molecular complexity index is 56.4. The van der Waals surface area contributed by atoms with Crippen molar-refractivity contribution in [1.29, 1.82) is 0 Å². The highest BCUT2D eigenvalue weighted by molar-refractivity contribution is 4.52. The van der Waals surface area contributed by atoms with Crippen molar-refractivity contribution in [2.45, 2.75) is 13.0 Å². The van der Waals surface area contributed by atoms with E-state index in [9.17, 15) is 0 Å². The molecule has 0 saturated carbocycles. The SMILES string of the molecule is CON(C)CC(C)N. The van der Waals surface area contributed by atoms with Gasteiger partial charge in [0.25, 0.3) is 0 Å². The standard InChI is InChI=1S/C5H14N2O/c1-5(6)4-7(2)8-3/h5H,4,6H2,1-3H3. The third-order valence-electron chi connectivity index (χ3n) is 0.857. The molecule has 0 heterocycles. The van der Waals surface area contributed by atoms with Gasteiger partial charge in [0.2, 0.25) is 0 Å². The van der Waals surface area contributed by atoms with Crippen LogP contribution in [0.25, 0.3) is 0 Å². The highest BCUT2D eigenvalue weighted by Gasteiger charge is 1.97. The number of nitrogens with zero attached hydrogens (tertiary/aromatic N) is 1. The van der Waals surface area contributed by atoms with Gasteiger partial charge in [-0.3, -0.25) is 0 Å². The van der Waals surface area contributed by atoms with Crippen LogP contribution in [0.2, 0.25) is 0 Å². The van der Waals surface area contributed by atoms with Gasteiger partial charge in [0, 0.05) is 19.6 Å². The molecule has 0 bridgehead atoms. The number of hydrogen-bond donors (Lipinski definition) is 1. The Morgan fingerprint density at radius 1 is 1.75 bits per heavy atom. The maximum absolute atomic E-state index is 5.45. The minimum Gasteiger partial charge on any atom is -0.327 e. The second-order valence-electron chi connectivity index (χ2n) is 1.97. The predicted molar refractivity (Wildman–Crippen MR) is 33.3 cm³/mol. The average molecular weight is 118 g/mol. The number of hydrogen-bond acceptors (Lipinski definition) is 3. The van der Waals surface area contributed by atoms with E-state index in [1.807, 2.05) is 14.0 Å². The van der Waals surface area contributed by atoms with Gasteiger partial charge >= 0.3 is 0 Å². The van der Waals surface area contributed by atoms with Crippen molar-refractivity contribution in [3.8, 4) is 0 Å². The van der Waals surface area contributed by atoms with E-state index in [1.165, 1.54) is 0 Å². The van der Waals surface area contributed by atoms with Gasteiger partial charge in [-0.1, -0.05) is 0 Å². The molecule has 0 fully saturated rings. The van der Waals surface area contributed by atoms with Crippen molar-refractivity contribution in [2.24, 2.45) is 5.73 Å². The summed E-state index contributed by atoms with van der Waals surface area (Å²) in [6.45, 7) is 2.71. The lowest BCUT2D eigenvalue weighted by molar-refractivity contribution is -0.111. The maximum atomic E-state index is 5.45. The summed E-state index contributed by atoms with van der Waals surface area (Å²) in [5.74, 6) is 0. The molecule has 3 heteroatoms. The Morgan fingerprint density at radius 3 is 2.38 bits per heavy atom. The van der Waals surface area contributed by atoms with E-state index in [2.05, 4.69) is 0 Å². The summed E-state index contributed by atoms with van der Waals surface area (Å²) < 4.78 is 0. The molecule has 1 unspecified atom stereocenters. The Morgan fingerprint density at radius 2 is 2.25 bits per heavy atom. The second-order valence-corrected chi connectivity index (χ2v) is 1.97. The summed E-state index contributed by atoms with van der Waals surface area (Å²) >= 11 is 0. The van der Waals surface area contributed by atoms with Gasteiger partial charge in [-0.25, -0.2) is 0 Å². The minimum atomic E-state index is 0.181. The van der Waals surface area contributed by atoms with E-state index < -0.39 is 0 Å². The first-order valence-corrected chi connectivity index (χ1v) is 2.67. The van der Waals surface area contributed by atoms with Crippen LogP contribution in [-0.2, 0) is 4.84 Å². The first-order valence-electron chi connectivity index (χ1n) is 2.67. The molecule has 50 valence electrons. The van der Waals surface area contributed by atoms with E-state index in [-0.39, 0.29) is 6.04 Å². The monoisotopic (exact) mass is 118 g/mol. The zero-order valence-electron chi connectivity index (χ0n) is 5.72. The van der Waals surface area contributed by atoms with Gasteiger partial charge in [-0.2, -0.15) is 5.06 Å². The summed E-state index contributed by atoms with van der Waals surface area (Å²) in [6.07, 6.45) is 0. The van der Waals surface area contributed by atoms with Gasteiger partial charge in [0.15, 0.2) is 0 Å². The summed E-state index contributed by atoms with van der Waals surface area (Å²) in [7, 11) is 3.48. The van der Waals surface area contributed by atoms with E-state index >= 15 is 0 Å². The third-order valence-corrected chi connectivity index (χ3v) is 0.857. The van der Waals surface area contributed by atoms with Crippen LogP contribution in [0.4, 0.5) is 0 Å². The molecule has 1 atom stereocenters. The van der Waals surface area contributed by atoms with Gasteiger partial charge in [-0.15, -0.1) is 0 Å². The summed E-state index contributed by atoms with van der Waals surface area (Å²) in [4.78, 5) is 4.81. The smallest absolute Gasteiger partial charge is 0.0575 e. The minimum absolute atomic E-state index is 0.181. The largest absolute Gasteiger partial charge is 0.327 e. The fourth-order valence-corrected chi connectivity index (χ4v) is 0.480. The van der Waals surface area contributed by atoms with Crippen LogP contribution in [0.15, 0.2) is 0 Å². The average Bonchev–Trinajstić information content (AvgIpc) is 1.65.